The largest absolute Gasteiger partial charge is 1.00 e. The lowest BCUT2D eigenvalue weighted by atomic mass is 10.2. The van der Waals surface area contributed by atoms with Crippen LogP contribution in [0.3, 0.4) is 0 Å². The van der Waals surface area contributed by atoms with E-state index in [1.54, 1.807) is 12.1 Å². The monoisotopic (exact) mass is 527 g/mol. The van der Waals surface area contributed by atoms with Crippen molar-refractivity contribution in [2.45, 2.75) is 6.92 Å². The number of aryl methyl sites for hydroxylation is 1. The number of hydrogen-bond donors (Lipinski definition) is 2. The molecule has 0 aromatic heterocycles. The Bertz CT molecular complexity index is 1490. The van der Waals surface area contributed by atoms with Crippen LogP contribution in [0.5, 0.6) is 0 Å². The molecule has 10 heteroatoms. The van der Waals surface area contributed by atoms with Gasteiger partial charge in [-0.25, -0.2) is 0 Å². The molecule has 4 N–H and O–H groups in total. The number of nitrogens with two attached hydrogens (primary N) is 2. The van der Waals surface area contributed by atoms with E-state index < -0.39 is 0 Å². The minimum absolute atomic E-state index is 0. The van der Waals surface area contributed by atoms with Gasteiger partial charge in [-0.1, -0.05) is 24.3 Å². The van der Waals surface area contributed by atoms with E-state index in [1.165, 1.54) is 0 Å². The summed E-state index contributed by atoms with van der Waals surface area (Å²) in [6.07, 6.45) is 0. The lowest BCUT2D eigenvalue weighted by Gasteiger charge is -2.23. The molecule has 0 saturated heterocycles. The van der Waals surface area contributed by atoms with Crippen molar-refractivity contribution in [1.29, 1.82) is 0 Å². The first kappa shape index (κ1) is 28.1. The second-order valence-corrected chi connectivity index (χ2v) is 9.37. The van der Waals surface area contributed by atoms with Gasteiger partial charge in [0.05, 0.1) is 55.3 Å². The smallest absolute Gasteiger partial charge is 0.134 e. The van der Waals surface area contributed by atoms with Crippen molar-refractivity contribution in [2.24, 2.45) is 30.7 Å². The first-order chi connectivity index (χ1) is 17.7. The van der Waals surface area contributed by atoms with E-state index in [4.69, 9.17) is 11.5 Å². The molecule has 0 atom stereocenters. The molecule has 0 radical (unpaired) electrons. The van der Waals surface area contributed by atoms with Crippen molar-refractivity contribution in [3.05, 3.63) is 90.5 Å². The normalized spacial score (nSPS) is 11.9. The zero-order valence-corrected chi connectivity index (χ0v) is 22.5. The number of nitrogen functional groups attached to an aromatic ring is 2. The molecule has 194 valence electrons. The van der Waals surface area contributed by atoms with Gasteiger partial charge in [0.25, 0.3) is 0 Å². The van der Waals surface area contributed by atoms with Crippen LogP contribution in [0.2, 0.25) is 0 Å². The Kier molecular flexibility index (Phi) is 9.01. The summed E-state index contributed by atoms with van der Waals surface area (Å²) in [6.45, 7) is 1.94. The lowest BCUT2D eigenvalue weighted by molar-refractivity contribution is -0.00000796. The van der Waals surface area contributed by atoms with E-state index in [0.29, 0.717) is 32.9 Å². The minimum atomic E-state index is 0. The Balaban J connectivity index is 0.00000400. The molecule has 0 bridgehead atoms. The summed E-state index contributed by atoms with van der Waals surface area (Å²) in [5.74, 6) is 0. The summed E-state index contributed by atoms with van der Waals surface area (Å²) < 4.78 is 0.707. The van der Waals surface area contributed by atoms with Crippen molar-refractivity contribution < 1.29 is 12.4 Å². The average Bonchev–Trinajstić information content (AvgIpc) is 2.89. The van der Waals surface area contributed by atoms with Crippen LogP contribution in [0.1, 0.15) is 5.56 Å². The van der Waals surface area contributed by atoms with Crippen LogP contribution >= 0.6 is 0 Å². The molecule has 38 heavy (non-hydrogen) atoms. The predicted octanol–water partition coefficient (Wildman–Crippen LogP) is 5.61. The molecule has 0 heterocycles. The van der Waals surface area contributed by atoms with Gasteiger partial charge in [-0.3, -0.25) is 4.48 Å². The summed E-state index contributed by atoms with van der Waals surface area (Å²) in [7, 11) is 6.33. The third-order valence-corrected chi connectivity index (χ3v) is 5.60. The van der Waals surface area contributed by atoms with E-state index >= 15 is 0 Å². The van der Waals surface area contributed by atoms with Crippen LogP contribution in [-0.2, 0) is 0 Å². The molecule has 0 aliphatic carbocycles. The molecule has 0 fully saturated rings. The number of rotatable bonds is 7. The number of hydrogen-bond acceptors (Lipinski definition) is 8. The molecule has 0 aliphatic rings. The van der Waals surface area contributed by atoms with Gasteiger partial charge < -0.3 is 23.9 Å². The molecule has 4 rings (SSSR count). The van der Waals surface area contributed by atoms with Crippen molar-refractivity contribution in [1.82, 2.24) is 4.48 Å². The Labute approximate surface area is 228 Å². The van der Waals surface area contributed by atoms with E-state index in [0.717, 1.165) is 28.3 Å². The van der Waals surface area contributed by atoms with Gasteiger partial charge in [0, 0.05) is 6.07 Å². The molecule has 4 aromatic rings. The van der Waals surface area contributed by atoms with Gasteiger partial charge in [0.2, 0.25) is 0 Å². The van der Waals surface area contributed by atoms with Crippen molar-refractivity contribution in [2.75, 3.05) is 32.6 Å². The van der Waals surface area contributed by atoms with Crippen LogP contribution in [0.25, 0.3) is 0 Å². The van der Waals surface area contributed by atoms with Crippen LogP contribution in [0.15, 0.2) is 116 Å². The van der Waals surface area contributed by atoms with Gasteiger partial charge in [-0.05, 0) is 67.1 Å². The van der Waals surface area contributed by atoms with Crippen LogP contribution in [0.4, 0.5) is 51.2 Å². The van der Waals surface area contributed by atoms with E-state index in [-0.39, 0.29) is 12.4 Å². The van der Waals surface area contributed by atoms with Crippen LogP contribution < -0.4 is 28.4 Å². The van der Waals surface area contributed by atoms with Gasteiger partial charge in [0.15, 0.2) is 0 Å². The first-order valence-electron chi connectivity index (χ1n) is 11.7. The maximum Gasteiger partial charge on any atom is 0.134 e. The Morgan fingerprint density at radius 3 is 1.63 bits per heavy atom. The van der Waals surface area contributed by atoms with E-state index in [2.05, 4.69) is 57.9 Å². The molecular weight excluding hydrogens is 498 g/mol. The molecule has 9 nitrogen and oxygen atoms in total. The summed E-state index contributed by atoms with van der Waals surface area (Å²) in [5.41, 5.74) is 18.9. The van der Waals surface area contributed by atoms with Gasteiger partial charge >= 0.3 is 0 Å². The van der Waals surface area contributed by atoms with Crippen LogP contribution in [-0.4, -0.2) is 21.1 Å². The minimum Gasteiger partial charge on any atom is -1.00 e. The summed E-state index contributed by atoms with van der Waals surface area (Å²) >= 11 is 0. The molecule has 4 aromatic carbocycles. The molecule has 0 saturated carbocycles. The number of quaternary nitrogens is 1. The quantitative estimate of drug-likeness (QED) is 0.184. The zero-order valence-electron chi connectivity index (χ0n) is 21.7. The van der Waals surface area contributed by atoms with Gasteiger partial charge in [-0.15, -0.1) is 10.2 Å². The van der Waals surface area contributed by atoms with Gasteiger partial charge in [-0.2, -0.15) is 20.5 Å². The number of azo groups is 3. The Morgan fingerprint density at radius 1 is 0.526 bits per heavy atom. The summed E-state index contributed by atoms with van der Waals surface area (Å²) in [6, 6.07) is 26.5. The molecule has 0 aliphatic heterocycles. The van der Waals surface area contributed by atoms with Crippen LogP contribution in [0, 0.1) is 6.92 Å². The fourth-order valence-corrected chi connectivity index (χ4v) is 3.40. The number of halogens is 1. The Hall–Kier alpha value is -4.47. The van der Waals surface area contributed by atoms with E-state index in [9.17, 15) is 0 Å². The summed E-state index contributed by atoms with van der Waals surface area (Å²) in [5, 5.41) is 25.8. The third kappa shape index (κ3) is 7.06. The topological polar surface area (TPSA) is 126 Å². The predicted molar refractivity (Wildman–Crippen MR) is 151 cm³/mol. The maximum atomic E-state index is 6.20. The van der Waals surface area contributed by atoms with Crippen molar-refractivity contribution in [3.8, 4) is 0 Å². The SMILES string of the molecule is Cc1cc(N=Nc2cccc([N+](C)(C)C)c2)ccc1N=Nc1ccc(N=Nc2ccccc2)c(N)c1N.[Cl-]. The highest BCUT2D eigenvalue weighted by Gasteiger charge is 2.12. The Morgan fingerprint density at radius 2 is 1.03 bits per heavy atom. The molecular formula is C28H30ClN9. The first-order valence-corrected chi connectivity index (χ1v) is 11.7. The highest BCUT2D eigenvalue weighted by molar-refractivity contribution is 5.85. The molecule has 0 unspecified atom stereocenters. The number of nitrogens with zero attached hydrogens (tertiary/aromatic N) is 7. The second kappa shape index (κ2) is 12.2. The highest BCUT2D eigenvalue weighted by Crippen LogP contribution is 2.37. The lowest BCUT2D eigenvalue weighted by Crippen LogP contribution is -3.00. The van der Waals surface area contributed by atoms with Crippen molar-refractivity contribution in [3.63, 3.8) is 0 Å². The molecule has 0 spiro atoms. The van der Waals surface area contributed by atoms with Gasteiger partial charge in [0.1, 0.15) is 17.1 Å². The fourth-order valence-electron chi connectivity index (χ4n) is 3.40. The summed E-state index contributed by atoms with van der Waals surface area (Å²) in [4.78, 5) is 0. The molecule has 0 amide bonds. The third-order valence-electron chi connectivity index (χ3n) is 5.60. The average molecular weight is 528 g/mol. The number of benzene rings is 4. The zero-order chi connectivity index (χ0) is 26.4. The van der Waals surface area contributed by atoms with Crippen molar-refractivity contribution >= 4 is 51.2 Å². The highest BCUT2D eigenvalue weighted by atomic mass is 35.5. The number of anilines is 2. The second-order valence-electron chi connectivity index (χ2n) is 9.37. The van der Waals surface area contributed by atoms with E-state index in [1.807, 2.05) is 73.7 Å². The standard InChI is InChI=1S/C28H30N9.ClH/c1-19-17-22(33-32-21-11-8-12-23(18-21)37(2,3)4)13-14-24(19)34-36-26-16-15-25(27(29)28(26)30)35-31-20-9-6-5-7-10-20;/h5-18H,29-30H2,1-4H3;1H/q+1;/p-1. The fraction of sp³-hybridized carbons (Fsp3) is 0.143. The maximum absolute atomic E-state index is 6.20.